The van der Waals surface area contributed by atoms with Gasteiger partial charge in [-0.1, -0.05) is 28.9 Å². The number of hydrogen-bond donors (Lipinski definition) is 0. The van der Waals surface area contributed by atoms with Crippen LogP contribution in [0.2, 0.25) is 5.02 Å². The third kappa shape index (κ3) is 3.37. The second-order valence-corrected chi connectivity index (χ2v) is 8.46. The van der Waals surface area contributed by atoms with Crippen LogP contribution in [0.3, 0.4) is 0 Å². The molecular weight excluding hydrogens is 410 g/mol. The third-order valence-electron chi connectivity index (χ3n) is 5.12. The number of fused-ring (bicyclic) bond motifs is 1. The van der Waals surface area contributed by atoms with Crippen molar-refractivity contribution in [3.05, 3.63) is 53.4 Å². The van der Waals surface area contributed by atoms with E-state index in [0.717, 1.165) is 37.9 Å². The van der Waals surface area contributed by atoms with Gasteiger partial charge in [-0.05, 0) is 30.7 Å². The number of aryl methyl sites for hydroxylation is 1. The number of halogens is 1. The third-order valence-corrected chi connectivity index (χ3v) is 6.54. The minimum atomic E-state index is -0.0830. The fourth-order valence-corrected chi connectivity index (χ4v) is 4.94. The molecule has 0 amide bonds. The van der Waals surface area contributed by atoms with E-state index in [9.17, 15) is 0 Å². The largest absolute Gasteiger partial charge is 0.380 e. The Morgan fingerprint density at radius 3 is 2.79 bits per heavy atom. The van der Waals surface area contributed by atoms with Crippen LogP contribution in [0.4, 0.5) is 5.82 Å². The summed E-state index contributed by atoms with van der Waals surface area (Å²) in [6, 6.07) is 9.82. The molecule has 2 atom stereocenters. The van der Waals surface area contributed by atoms with Crippen LogP contribution in [-0.4, -0.2) is 39.9 Å². The molecule has 1 aliphatic rings. The highest BCUT2D eigenvalue weighted by Crippen LogP contribution is 2.42. The summed E-state index contributed by atoms with van der Waals surface area (Å²) in [6.45, 7) is 2.52. The van der Waals surface area contributed by atoms with Gasteiger partial charge in [0.1, 0.15) is 12.4 Å². The maximum absolute atomic E-state index is 6.04. The molecule has 0 bridgehead atoms. The highest BCUT2D eigenvalue weighted by atomic mass is 35.5. The van der Waals surface area contributed by atoms with E-state index in [1.165, 1.54) is 0 Å². The monoisotopic (exact) mass is 427 g/mol. The number of rotatable bonds is 4. The summed E-state index contributed by atoms with van der Waals surface area (Å²) in [5.41, 5.74) is 2.01. The lowest BCUT2D eigenvalue weighted by atomic mass is 10.2. The fraction of sp³-hybridized carbons (Fsp3) is 0.300. The van der Waals surface area contributed by atoms with Crippen molar-refractivity contribution in [2.24, 2.45) is 0 Å². The smallest absolute Gasteiger partial charge is 0.249 e. The van der Waals surface area contributed by atoms with E-state index in [0.29, 0.717) is 18.3 Å². The molecule has 0 N–H and O–H groups in total. The first-order chi connectivity index (χ1) is 14.1. The highest BCUT2D eigenvalue weighted by molar-refractivity contribution is 7.22. The van der Waals surface area contributed by atoms with E-state index in [1.54, 1.807) is 24.8 Å². The van der Waals surface area contributed by atoms with Crippen LogP contribution >= 0.6 is 22.9 Å². The molecule has 0 radical (unpaired) electrons. The molecule has 4 heterocycles. The van der Waals surface area contributed by atoms with Crippen LogP contribution in [0.25, 0.3) is 20.7 Å². The predicted octanol–water partition coefficient (Wildman–Crippen LogP) is 4.67. The lowest BCUT2D eigenvalue weighted by Crippen LogP contribution is -2.26. The number of methoxy groups -OCH3 is 1. The van der Waals surface area contributed by atoms with Gasteiger partial charge in [-0.15, -0.1) is 11.3 Å². The van der Waals surface area contributed by atoms with Crippen molar-refractivity contribution in [2.75, 3.05) is 18.6 Å². The van der Waals surface area contributed by atoms with Gasteiger partial charge < -0.3 is 14.2 Å². The average Bonchev–Trinajstić information content (AvgIpc) is 3.45. The predicted molar refractivity (Wildman–Crippen MR) is 112 cm³/mol. The number of aromatic nitrogens is 4. The van der Waals surface area contributed by atoms with E-state index >= 15 is 0 Å². The Morgan fingerprint density at radius 2 is 2.07 bits per heavy atom. The van der Waals surface area contributed by atoms with Gasteiger partial charge in [0.05, 0.1) is 16.3 Å². The van der Waals surface area contributed by atoms with Gasteiger partial charge in [0.15, 0.2) is 11.6 Å². The van der Waals surface area contributed by atoms with E-state index in [2.05, 4.69) is 31.1 Å². The number of benzene rings is 1. The summed E-state index contributed by atoms with van der Waals surface area (Å²) in [5.74, 6) is 2.07. The topological polar surface area (TPSA) is 77.2 Å². The van der Waals surface area contributed by atoms with Crippen LogP contribution in [0.1, 0.15) is 24.2 Å². The average molecular weight is 428 g/mol. The molecule has 9 heteroatoms. The number of anilines is 1. The van der Waals surface area contributed by atoms with Gasteiger partial charge in [0.2, 0.25) is 5.89 Å². The van der Waals surface area contributed by atoms with Gasteiger partial charge in [-0.25, -0.2) is 9.97 Å². The van der Waals surface area contributed by atoms with Crippen LogP contribution in [0.5, 0.6) is 0 Å². The molecule has 2 unspecified atom stereocenters. The van der Waals surface area contributed by atoms with E-state index in [4.69, 9.17) is 20.9 Å². The summed E-state index contributed by atoms with van der Waals surface area (Å²) in [5, 5.41) is 4.68. The number of ether oxygens (including phenoxy) is 1. The molecule has 1 aromatic carbocycles. The summed E-state index contributed by atoms with van der Waals surface area (Å²) in [6.07, 6.45) is 2.43. The molecule has 0 saturated carbocycles. The lowest BCUT2D eigenvalue weighted by Gasteiger charge is -2.22. The molecule has 4 aromatic rings. The zero-order valence-corrected chi connectivity index (χ0v) is 17.4. The van der Waals surface area contributed by atoms with Crippen molar-refractivity contribution in [1.29, 1.82) is 0 Å². The SMILES string of the molecule is COC1CC(c2nc(C)no2)N(c2ncnc3cc(-c4ccc(Cl)cc4)sc23)C1. The standard InChI is InChI=1S/C20H18ClN5O2S/c1-11-24-20(28-25-11)16-7-14(27-2)9-26(16)19-18-15(22-10-23-19)8-17(29-18)12-3-5-13(21)6-4-12/h3-6,8,10,14,16H,7,9H2,1-2H3. The van der Waals surface area contributed by atoms with Crippen molar-refractivity contribution < 1.29 is 9.26 Å². The number of thiophene rings is 1. The Labute approximate surface area is 176 Å². The van der Waals surface area contributed by atoms with Gasteiger partial charge in [-0.3, -0.25) is 0 Å². The van der Waals surface area contributed by atoms with Crippen molar-refractivity contribution in [3.8, 4) is 10.4 Å². The zero-order chi connectivity index (χ0) is 20.0. The maximum atomic E-state index is 6.04. The Balaban J connectivity index is 1.58. The van der Waals surface area contributed by atoms with Gasteiger partial charge in [0, 0.05) is 30.0 Å². The molecule has 3 aromatic heterocycles. The molecule has 29 heavy (non-hydrogen) atoms. The van der Waals surface area contributed by atoms with Crippen molar-refractivity contribution >= 4 is 39.0 Å². The van der Waals surface area contributed by atoms with Crippen LogP contribution in [0.15, 0.2) is 41.2 Å². The molecule has 1 saturated heterocycles. The molecule has 0 spiro atoms. The maximum Gasteiger partial charge on any atom is 0.249 e. The van der Waals surface area contributed by atoms with Gasteiger partial charge in [-0.2, -0.15) is 4.98 Å². The van der Waals surface area contributed by atoms with Crippen LogP contribution in [0, 0.1) is 6.92 Å². The first-order valence-electron chi connectivity index (χ1n) is 9.22. The molecule has 0 aliphatic carbocycles. The molecule has 1 aliphatic heterocycles. The van der Waals surface area contributed by atoms with E-state index in [1.807, 2.05) is 31.2 Å². The Hall–Kier alpha value is -2.55. The first kappa shape index (κ1) is 18.5. The van der Waals surface area contributed by atoms with Crippen molar-refractivity contribution in [2.45, 2.75) is 25.5 Å². The van der Waals surface area contributed by atoms with E-state index < -0.39 is 0 Å². The summed E-state index contributed by atoms with van der Waals surface area (Å²) >= 11 is 7.70. The molecule has 7 nitrogen and oxygen atoms in total. The molecule has 148 valence electrons. The second-order valence-electron chi connectivity index (χ2n) is 6.97. The quantitative estimate of drug-likeness (QED) is 0.468. The Morgan fingerprint density at radius 1 is 1.24 bits per heavy atom. The number of nitrogens with zero attached hydrogens (tertiary/aromatic N) is 5. The fourth-order valence-electron chi connectivity index (χ4n) is 3.69. The van der Waals surface area contributed by atoms with Crippen molar-refractivity contribution in [1.82, 2.24) is 20.1 Å². The second kappa shape index (κ2) is 7.37. The first-order valence-corrected chi connectivity index (χ1v) is 10.4. The van der Waals surface area contributed by atoms with Gasteiger partial charge >= 0.3 is 0 Å². The summed E-state index contributed by atoms with van der Waals surface area (Å²) < 4.78 is 12.1. The zero-order valence-electron chi connectivity index (χ0n) is 15.9. The normalized spacial score (nSPS) is 19.3. The van der Waals surface area contributed by atoms with Crippen LogP contribution in [-0.2, 0) is 4.74 Å². The van der Waals surface area contributed by atoms with E-state index in [-0.39, 0.29) is 12.1 Å². The molecule has 1 fully saturated rings. The molecule has 5 rings (SSSR count). The lowest BCUT2D eigenvalue weighted by molar-refractivity contribution is 0.117. The Bertz CT molecular complexity index is 1160. The Kier molecular flexibility index (Phi) is 4.69. The molecular formula is C20H18ClN5O2S. The van der Waals surface area contributed by atoms with Crippen molar-refractivity contribution in [3.63, 3.8) is 0 Å². The minimum absolute atomic E-state index is 0.0629. The van der Waals surface area contributed by atoms with Gasteiger partial charge in [0.25, 0.3) is 0 Å². The summed E-state index contributed by atoms with van der Waals surface area (Å²) in [7, 11) is 1.73. The highest BCUT2D eigenvalue weighted by Gasteiger charge is 2.38. The number of hydrogen-bond acceptors (Lipinski definition) is 8. The summed E-state index contributed by atoms with van der Waals surface area (Å²) in [4.78, 5) is 16.9. The minimum Gasteiger partial charge on any atom is -0.380 e. The van der Waals surface area contributed by atoms with Crippen LogP contribution < -0.4 is 4.90 Å².